The molecule has 0 unspecified atom stereocenters. The van der Waals surface area contributed by atoms with Gasteiger partial charge in [0.1, 0.15) is 10.2 Å². The molecule has 2 rings (SSSR count). The molecule has 0 radical (unpaired) electrons. The van der Waals surface area contributed by atoms with Gasteiger partial charge in [-0.3, -0.25) is 4.79 Å². The third kappa shape index (κ3) is 3.20. The highest BCUT2D eigenvalue weighted by Gasteiger charge is 2.18. The van der Waals surface area contributed by atoms with E-state index in [1.165, 1.54) is 0 Å². The molecule has 90 valence electrons. The van der Waals surface area contributed by atoms with Gasteiger partial charge < -0.3 is 5.32 Å². The van der Waals surface area contributed by atoms with Crippen molar-refractivity contribution in [2.75, 3.05) is 0 Å². The molecule has 1 aromatic rings. The quantitative estimate of drug-likeness (QED) is 0.859. The fourth-order valence-electron chi connectivity index (χ4n) is 1.70. The van der Waals surface area contributed by atoms with Gasteiger partial charge in [-0.25, -0.2) is 4.98 Å². The summed E-state index contributed by atoms with van der Waals surface area (Å²) in [5.74, 6) is 0.0228. The Kier molecular flexibility index (Phi) is 4.02. The monoisotopic (exact) mass is 270 g/mol. The molecule has 0 saturated heterocycles. The number of carbonyl (C=O) groups is 1. The predicted octanol–water partition coefficient (Wildman–Crippen LogP) is 3.03. The number of carbonyl (C=O) groups excluding carboxylic acids is 1. The van der Waals surface area contributed by atoms with E-state index in [4.69, 9.17) is 23.2 Å². The Morgan fingerprint density at radius 3 is 2.82 bits per heavy atom. The zero-order valence-electron chi connectivity index (χ0n) is 9.17. The van der Waals surface area contributed by atoms with E-state index in [-0.39, 0.29) is 5.78 Å². The fraction of sp³-hybridized carbons (Fsp3) is 0.333. The first-order valence-corrected chi connectivity index (χ1v) is 6.18. The van der Waals surface area contributed by atoms with E-state index in [2.05, 4.69) is 10.3 Å². The van der Waals surface area contributed by atoms with E-state index < -0.39 is 0 Å². The van der Waals surface area contributed by atoms with Crippen molar-refractivity contribution in [3.05, 3.63) is 39.8 Å². The molecule has 0 saturated carbocycles. The van der Waals surface area contributed by atoms with E-state index in [0.717, 1.165) is 24.1 Å². The lowest BCUT2D eigenvalue weighted by Gasteiger charge is -2.17. The summed E-state index contributed by atoms with van der Waals surface area (Å²) in [7, 11) is 0. The van der Waals surface area contributed by atoms with Crippen molar-refractivity contribution in [2.24, 2.45) is 0 Å². The molecule has 1 aliphatic carbocycles. The molecule has 0 amide bonds. The number of hydrogen-bond acceptors (Lipinski definition) is 3. The summed E-state index contributed by atoms with van der Waals surface area (Å²) in [4.78, 5) is 15.4. The summed E-state index contributed by atoms with van der Waals surface area (Å²) in [6, 6.07) is 3.63. The lowest BCUT2D eigenvalue weighted by Crippen LogP contribution is -2.20. The molecule has 1 aliphatic rings. The van der Waals surface area contributed by atoms with Gasteiger partial charge in [0.15, 0.2) is 5.78 Å². The van der Waals surface area contributed by atoms with E-state index in [9.17, 15) is 4.79 Å². The van der Waals surface area contributed by atoms with Gasteiger partial charge in [-0.15, -0.1) is 0 Å². The second-order valence-corrected chi connectivity index (χ2v) is 4.68. The number of rotatable bonds is 3. The van der Waals surface area contributed by atoms with Crippen molar-refractivity contribution in [3.8, 4) is 0 Å². The Hall–Kier alpha value is -1.06. The van der Waals surface area contributed by atoms with Crippen molar-refractivity contribution in [1.82, 2.24) is 10.3 Å². The highest BCUT2D eigenvalue weighted by Crippen LogP contribution is 2.23. The maximum Gasteiger partial charge on any atom is 0.175 e. The highest BCUT2D eigenvalue weighted by atomic mass is 35.5. The number of hydrogen-bond donors (Lipinski definition) is 1. The molecular formula is C12H12Cl2N2O. The van der Waals surface area contributed by atoms with Crippen molar-refractivity contribution in [1.29, 1.82) is 0 Å². The van der Waals surface area contributed by atoms with Crippen molar-refractivity contribution in [3.63, 3.8) is 0 Å². The minimum Gasteiger partial charge on any atom is -0.383 e. The molecule has 17 heavy (non-hydrogen) atoms. The van der Waals surface area contributed by atoms with Crippen LogP contribution in [0.5, 0.6) is 0 Å². The number of pyridine rings is 1. The molecule has 5 heteroatoms. The summed E-state index contributed by atoms with van der Waals surface area (Å²) >= 11 is 11.7. The van der Waals surface area contributed by atoms with Crippen molar-refractivity contribution < 1.29 is 4.79 Å². The predicted molar refractivity (Wildman–Crippen MR) is 67.8 cm³/mol. The van der Waals surface area contributed by atoms with Crippen LogP contribution in [0.4, 0.5) is 0 Å². The topological polar surface area (TPSA) is 42.0 Å². The molecule has 0 aliphatic heterocycles. The number of nitrogens with zero attached hydrogens (tertiary/aromatic N) is 1. The third-order valence-corrected chi connectivity index (χ3v) is 3.30. The second-order valence-electron chi connectivity index (χ2n) is 3.91. The number of Topliss-reactive ketones (excluding diaryl/α,β-unsaturated/α-hetero) is 1. The van der Waals surface area contributed by atoms with Gasteiger partial charge in [0.25, 0.3) is 0 Å². The van der Waals surface area contributed by atoms with E-state index in [1.54, 1.807) is 12.3 Å². The summed E-state index contributed by atoms with van der Waals surface area (Å²) in [6.45, 7) is 0.600. The van der Waals surface area contributed by atoms with Crippen LogP contribution >= 0.6 is 23.2 Å². The van der Waals surface area contributed by atoms with Gasteiger partial charge in [-0.1, -0.05) is 29.3 Å². The summed E-state index contributed by atoms with van der Waals surface area (Å²) < 4.78 is 0. The van der Waals surface area contributed by atoms with Gasteiger partial charge in [0, 0.05) is 24.9 Å². The van der Waals surface area contributed by atoms with E-state index in [1.807, 2.05) is 6.07 Å². The molecule has 0 atom stereocenters. The number of aromatic nitrogens is 1. The smallest absolute Gasteiger partial charge is 0.175 e. The molecular weight excluding hydrogens is 259 g/mol. The van der Waals surface area contributed by atoms with Crippen LogP contribution in [0.2, 0.25) is 5.15 Å². The average molecular weight is 271 g/mol. The second kappa shape index (κ2) is 5.52. The molecule has 0 spiro atoms. The third-order valence-electron chi connectivity index (χ3n) is 2.63. The molecule has 3 nitrogen and oxygen atoms in total. The van der Waals surface area contributed by atoms with Crippen LogP contribution in [-0.4, -0.2) is 10.8 Å². The number of allylic oxidation sites excluding steroid dienone is 2. The fourth-order valence-corrected chi connectivity index (χ4v) is 2.07. The van der Waals surface area contributed by atoms with Crippen LogP contribution in [0.1, 0.15) is 24.8 Å². The highest BCUT2D eigenvalue weighted by molar-refractivity contribution is 6.43. The van der Waals surface area contributed by atoms with Crippen molar-refractivity contribution >= 4 is 29.0 Å². The number of ketones is 1. The first kappa shape index (κ1) is 12.4. The summed E-state index contributed by atoms with van der Waals surface area (Å²) in [5, 5.41) is 4.00. The zero-order valence-corrected chi connectivity index (χ0v) is 10.7. The van der Waals surface area contributed by atoms with Crippen LogP contribution in [0.25, 0.3) is 0 Å². The molecule has 0 fully saturated rings. The number of halogens is 2. The summed E-state index contributed by atoms with van der Waals surface area (Å²) in [6.07, 6.45) is 3.93. The molecule has 0 aromatic carbocycles. The Balaban J connectivity index is 2.00. The average Bonchev–Trinajstić information content (AvgIpc) is 2.33. The Morgan fingerprint density at radius 1 is 1.29 bits per heavy atom. The van der Waals surface area contributed by atoms with E-state index in [0.29, 0.717) is 23.2 Å². The summed E-state index contributed by atoms with van der Waals surface area (Å²) in [5.41, 5.74) is 1.84. The first-order valence-electron chi connectivity index (χ1n) is 5.43. The molecule has 1 N–H and O–H groups in total. The number of nitrogens with one attached hydrogen (secondary N) is 1. The van der Waals surface area contributed by atoms with Crippen LogP contribution in [0, 0.1) is 0 Å². The normalized spacial score (nSPS) is 16.2. The maximum absolute atomic E-state index is 11.4. The molecule has 1 aromatic heterocycles. The van der Waals surface area contributed by atoms with Crippen LogP contribution < -0.4 is 5.32 Å². The SMILES string of the molecule is O=C1CCCC(NCc2ccc(Cl)nc2)=C1Cl. The lowest BCUT2D eigenvalue weighted by atomic mass is 10.0. The standard InChI is InChI=1S/C12H12Cl2N2O/c13-11-5-4-8(7-16-11)6-15-9-2-1-3-10(17)12(9)14/h4-5,7,15H,1-3,6H2. The minimum absolute atomic E-state index is 0.0228. The van der Waals surface area contributed by atoms with Crippen molar-refractivity contribution in [2.45, 2.75) is 25.8 Å². The van der Waals surface area contributed by atoms with E-state index >= 15 is 0 Å². The van der Waals surface area contributed by atoms with Crippen LogP contribution in [0.15, 0.2) is 29.1 Å². The largest absolute Gasteiger partial charge is 0.383 e. The zero-order chi connectivity index (χ0) is 12.3. The minimum atomic E-state index is 0.0228. The Bertz CT molecular complexity index is 454. The lowest BCUT2D eigenvalue weighted by molar-refractivity contribution is -0.115. The van der Waals surface area contributed by atoms with Gasteiger partial charge in [0.05, 0.1) is 0 Å². The Labute approximate surface area is 110 Å². The molecule has 1 heterocycles. The maximum atomic E-state index is 11.4. The van der Waals surface area contributed by atoms with Gasteiger partial charge in [-0.2, -0.15) is 0 Å². The first-order chi connectivity index (χ1) is 8.16. The van der Waals surface area contributed by atoms with Gasteiger partial charge >= 0.3 is 0 Å². The Morgan fingerprint density at radius 2 is 2.12 bits per heavy atom. The molecule has 0 bridgehead atoms. The van der Waals surface area contributed by atoms with Crippen LogP contribution in [-0.2, 0) is 11.3 Å². The van der Waals surface area contributed by atoms with Crippen LogP contribution in [0.3, 0.4) is 0 Å². The van der Waals surface area contributed by atoms with Gasteiger partial charge in [0.2, 0.25) is 0 Å². The van der Waals surface area contributed by atoms with Gasteiger partial charge in [-0.05, 0) is 24.5 Å².